The summed E-state index contributed by atoms with van der Waals surface area (Å²) >= 11 is 0. The van der Waals surface area contributed by atoms with Crippen LogP contribution in [0.15, 0.2) is 47.6 Å². The number of hydrogen-bond donors (Lipinski definition) is 1. The fraction of sp³-hybridized carbons (Fsp3) is 0. The minimum atomic E-state index is -0.501. The van der Waals surface area contributed by atoms with Crippen LogP contribution < -0.4 is 5.32 Å². The molecule has 0 aliphatic heterocycles. The number of carbonyl (C=O) groups is 1. The third-order valence-electron chi connectivity index (χ3n) is 2.35. The first-order chi connectivity index (χ1) is 9.83. The van der Waals surface area contributed by atoms with Crippen molar-refractivity contribution in [2.45, 2.75) is 0 Å². The van der Waals surface area contributed by atoms with E-state index in [9.17, 15) is 4.79 Å². The number of aromatic nitrogens is 5. The van der Waals surface area contributed by atoms with Crippen molar-refractivity contribution < 1.29 is 9.32 Å². The first kappa shape index (κ1) is 11.9. The Bertz CT molecular complexity index is 713. The van der Waals surface area contributed by atoms with Crippen LogP contribution >= 0.6 is 0 Å². The Labute approximate surface area is 112 Å². The van der Waals surface area contributed by atoms with E-state index in [0.717, 1.165) is 0 Å². The second kappa shape index (κ2) is 5.22. The molecule has 0 saturated heterocycles. The Kier molecular flexibility index (Phi) is 3.11. The summed E-state index contributed by atoms with van der Waals surface area (Å²) in [5.41, 5.74) is 1.02. The molecule has 0 fully saturated rings. The third kappa shape index (κ3) is 2.48. The molecule has 0 bridgehead atoms. The van der Waals surface area contributed by atoms with Crippen LogP contribution in [0.5, 0.6) is 0 Å². The van der Waals surface area contributed by atoms with Crippen LogP contribution in [0.25, 0.3) is 11.5 Å². The molecule has 0 aliphatic carbocycles. The number of carbonyl (C=O) groups excluding carboxylic acids is 1. The van der Waals surface area contributed by atoms with Crippen LogP contribution in [0.3, 0.4) is 0 Å². The number of nitrogens with one attached hydrogen (secondary N) is 1. The van der Waals surface area contributed by atoms with Crippen molar-refractivity contribution in [3.05, 3.63) is 49.0 Å². The van der Waals surface area contributed by atoms with E-state index in [0.29, 0.717) is 11.4 Å². The van der Waals surface area contributed by atoms with Crippen molar-refractivity contribution in [1.29, 1.82) is 0 Å². The molecule has 0 unspecified atom stereocenters. The molecule has 0 aromatic carbocycles. The van der Waals surface area contributed by atoms with Gasteiger partial charge in [-0.25, -0.2) is 4.98 Å². The summed E-state index contributed by atoms with van der Waals surface area (Å²) in [5.74, 6) is -0.445. The van der Waals surface area contributed by atoms with Gasteiger partial charge in [-0.3, -0.25) is 14.8 Å². The Morgan fingerprint density at radius 3 is 2.70 bits per heavy atom. The van der Waals surface area contributed by atoms with Gasteiger partial charge in [0.05, 0.1) is 6.20 Å². The average Bonchev–Trinajstić information content (AvgIpc) is 2.99. The maximum atomic E-state index is 11.9. The number of anilines is 1. The first-order valence-corrected chi connectivity index (χ1v) is 5.64. The normalized spacial score (nSPS) is 10.2. The molecule has 3 aromatic rings. The fourth-order valence-electron chi connectivity index (χ4n) is 1.45. The molecule has 8 nitrogen and oxygen atoms in total. The zero-order valence-electron chi connectivity index (χ0n) is 10.1. The lowest BCUT2D eigenvalue weighted by Gasteiger charge is -1.99. The molecule has 0 radical (unpaired) electrons. The third-order valence-corrected chi connectivity index (χ3v) is 2.35. The topological polar surface area (TPSA) is 107 Å². The van der Waals surface area contributed by atoms with E-state index in [-0.39, 0.29) is 11.7 Å². The van der Waals surface area contributed by atoms with Crippen LogP contribution in [0.4, 0.5) is 5.69 Å². The van der Waals surface area contributed by atoms with E-state index in [2.05, 4.69) is 30.4 Å². The van der Waals surface area contributed by atoms with Gasteiger partial charge in [0.2, 0.25) is 5.82 Å². The molecular formula is C12H8N6O2. The molecule has 20 heavy (non-hydrogen) atoms. The van der Waals surface area contributed by atoms with Crippen molar-refractivity contribution in [2.75, 3.05) is 5.32 Å². The summed E-state index contributed by atoms with van der Waals surface area (Å²) in [5, 5.41) is 6.30. The fourth-order valence-corrected chi connectivity index (χ4v) is 1.45. The van der Waals surface area contributed by atoms with Crippen LogP contribution in [0.2, 0.25) is 0 Å². The van der Waals surface area contributed by atoms with E-state index < -0.39 is 5.91 Å². The maximum Gasteiger partial charge on any atom is 0.316 e. The largest absolute Gasteiger partial charge is 0.328 e. The zero-order chi connectivity index (χ0) is 13.8. The maximum absolute atomic E-state index is 11.9. The highest BCUT2D eigenvalue weighted by Crippen LogP contribution is 2.12. The first-order valence-electron chi connectivity index (χ1n) is 5.64. The van der Waals surface area contributed by atoms with Crippen LogP contribution in [0.1, 0.15) is 10.7 Å². The molecular weight excluding hydrogens is 260 g/mol. The number of nitrogens with zero attached hydrogens (tertiary/aromatic N) is 5. The summed E-state index contributed by atoms with van der Waals surface area (Å²) in [6.45, 7) is 0. The van der Waals surface area contributed by atoms with Gasteiger partial charge in [0.1, 0.15) is 5.69 Å². The summed E-state index contributed by atoms with van der Waals surface area (Å²) in [4.78, 5) is 27.6. The molecule has 3 aromatic heterocycles. The monoisotopic (exact) mass is 268 g/mol. The molecule has 3 heterocycles. The van der Waals surface area contributed by atoms with Crippen molar-refractivity contribution in [3.8, 4) is 11.5 Å². The highest BCUT2D eigenvalue weighted by Gasteiger charge is 2.16. The van der Waals surface area contributed by atoms with Gasteiger partial charge < -0.3 is 9.84 Å². The van der Waals surface area contributed by atoms with Crippen LogP contribution in [0, 0.1) is 0 Å². The molecule has 3 rings (SSSR count). The molecule has 8 heteroatoms. The molecule has 0 saturated carbocycles. The van der Waals surface area contributed by atoms with Gasteiger partial charge in [-0.2, -0.15) is 4.98 Å². The summed E-state index contributed by atoms with van der Waals surface area (Å²) < 4.78 is 4.90. The molecule has 98 valence electrons. The van der Waals surface area contributed by atoms with E-state index in [1.165, 1.54) is 18.6 Å². The van der Waals surface area contributed by atoms with Crippen LogP contribution in [-0.2, 0) is 0 Å². The molecule has 1 N–H and O–H groups in total. The van der Waals surface area contributed by atoms with Gasteiger partial charge in [-0.05, 0) is 12.1 Å². The number of hydrogen-bond acceptors (Lipinski definition) is 7. The van der Waals surface area contributed by atoms with Gasteiger partial charge >= 0.3 is 11.8 Å². The van der Waals surface area contributed by atoms with Crippen molar-refractivity contribution in [1.82, 2.24) is 25.1 Å². The van der Waals surface area contributed by atoms with Gasteiger partial charge in [-0.15, -0.1) is 0 Å². The lowest BCUT2D eigenvalue weighted by molar-refractivity contribution is 0.0981. The standard InChI is InChI=1S/C12H8N6O2/c19-11(16-8-1-3-13-4-2-8)12-17-10(18-20-12)9-7-14-5-6-15-9/h1-7H,(H,13,16,19). The lowest BCUT2D eigenvalue weighted by atomic mass is 10.4. The summed E-state index contributed by atoms with van der Waals surface area (Å²) in [6, 6.07) is 3.30. The van der Waals surface area contributed by atoms with Crippen molar-refractivity contribution in [3.63, 3.8) is 0 Å². The number of amides is 1. The Balaban J connectivity index is 1.79. The number of rotatable bonds is 3. The highest BCUT2D eigenvalue weighted by molar-refractivity contribution is 6.00. The second-order valence-electron chi connectivity index (χ2n) is 3.70. The highest BCUT2D eigenvalue weighted by atomic mass is 16.5. The van der Waals surface area contributed by atoms with Gasteiger partial charge in [-0.1, -0.05) is 5.16 Å². The second-order valence-corrected chi connectivity index (χ2v) is 3.70. The minimum absolute atomic E-state index is 0.150. The summed E-state index contributed by atoms with van der Waals surface area (Å²) in [7, 11) is 0. The molecule has 0 atom stereocenters. The van der Waals surface area contributed by atoms with Crippen LogP contribution in [-0.4, -0.2) is 31.0 Å². The Hall–Kier alpha value is -3.16. The summed E-state index contributed by atoms with van der Waals surface area (Å²) in [6.07, 6.45) is 7.64. The predicted molar refractivity (Wildman–Crippen MR) is 67.5 cm³/mol. The molecule has 0 aliphatic rings. The smallest absolute Gasteiger partial charge is 0.316 e. The Morgan fingerprint density at radius 2 is 1.95 bits per heavy atom. The van der Waals surface area contributed by atoms with Gasteiger partial charge in [0.25, 0.3) is 0 Å². The van der Waals surface area contributed by atoms with E-state index in [4.69, 9.17) is 4.52 Å². The average molecular weight is 268 g/mol. The van der Waals surface area contributed by atoms with Gasteiger partial charge in [0, 0.05) is 30.5 Å². The van der Waals surface area contributed by atoms with E-state index in [1.54, 1.807) is 24.5 Å². The lowest BCUT2D eigenvalue weighted by Crippen LogP contribution is -2.12. The van der Waals surface area contributed by atoms with Crippen molar-refractivity contribution >= 4 is 11.6 Å². The minimum Gasteiger partial charge on any atom is -0.328 e. The number of pyridine rings is 1. The van der Waals surface area contributed by atoms with E-state index >= 15 is 0 Å². The van der Waals surface area contributed by atoms with E-state index in [1.807, 2.05) is 0 Å². The SMILES string of the molecule is O=C(Nc1ccncc1)c1nc(-c2cnccn2)no1. The Morgan fingerprint density at radius 1 is 1.10 bits per heavy atom. The predicted octanol–water partition coefficient (Wildman–Crippen LogP) is 1.17. The van der Waals surface area contributed by atoms with Crippen molar-refractivity contribution in [2.24, 2.45) is 0 Å². The molecule has 1 amide bonds. The quantitative estimate of drug-likeness (QED) is 0.759. The zero-order valence-corrected chi connectivity index (χ0v) is 10.1. The van der Waals surface area contributed by atoms with Gasteiger partial charge in [0.15, 0.2) is 0 Å². The molecule has 0 spiro atoms.